The van der Waals surface area contributed by atoms with Crippen LogP contribution in [0.25, 0.3) is 10.9 Å². The number of likely N-dealkylation sites (tertiary alicyclic amines) is 1. The largest absolute Gasteiger partial charge is 0.370 e. The van der Waals surface area contributed by atoms with E-state index in [4.69, 9.17) is 4.74 Å². The summed E-state index contributed by atoms with van der Waals surface area (Å²) >= 11 is 0. The standard InChI is InChI=1S/C26H33N7O2S/c1-18-14-33(24-7-6-20(13-27)26-23(24)5-4-10-28-26)16-22(35-18)15-32-11-8-21(9-12-32)30-36(34)25-17-31(3)29-19(25)2/h4-7,10,17-18,21-22,30H,8-9,11-12,14-16H2,1-3H3. The van der Waals surface area contributed by atoms with Crippen molar-refractivity contribution in [2.45, 2.75) is 49.8 Å². The lowest BCUT2D eigenvalue weighted by molar-refractivity contribution is -0.0349. The molecule has 0 spiro atoms. The number of nitriles is 1. The van der Waals surface area contributed by atoms with Crippen LogP contribution in [0.5, 0.6) is 0 Å². The van der Waals surface area contributed by atoms with Crippen molar-refractivity contribution in [1.29, 1.82) is 5.26 Å². The molecule has 3 unspecified atom stereocenters. The Morgan fingerprint density at radius 3 is 2.78 bits per heavy atom. The van der Waals surface area contributed by atoms with E-state index in [9.17, 15) is 9.47 Å². The van der Waals surface area contributed by atoms with Crippen molar-refractivity contribution < 1.29 is 8.95 Å². The highest BCUT2D eigenvalue weighted by molar-refractivity contribution is 7.83. The second-order valence-corrected chi connectivity index (χ2v) is 11.0. The van der Waals surface area contributed by atoms with Gasteiger partial charge in [0.1, 0.15) is 17.1 Å². The fraction of sp³-hybridized carbons (Fsp3) is 0.500. The minimum absolute atomic E-state index is 0.0906. The van der Waals surface area contributed by atoms with Crippen molar-refractivity contribution in [2.24, 2.45) is 7.05 Å². The summed E-state index contributed by atoms with van der Waals surface area (Å²) in [5.74, 6) is 0. The highest BCUT2D eigenvalue weighted by Gasteiger charge is 2.30. The van der Waals surface area contributed by atoms with E-state index >= 15 is 0 Å². The van der Waals surface area contributed by atoms with Crippen molar-refractivity contribution in [3.8, 4) is 6.07 Å². The molecule has 2 aliphatic rings. The molecule has 0 radical (unpaired) electrons. The molecule has 3 atom stereocenters. The number of ether oxygens (including phenoxy) is 1. The fourth-order valence-electron chi connectivity index (χ4n) is 5.36. The molecule has 1 aromatic carbocycles. The lowest BCUT2D eigenvalue weighted by atomic mass is 10.0. The van der Waals surface area contributed by atoms with Crippen LogP contribution in [-0.4, -0.2) is 74.8 Å². The number of hydrogen-bond acceptors (Lipinski definition) is 7. The number of hydrogen-bond donors (Lipinski definition) is 1. The lowest BCUT2D eigenvalue weighted by Gasteiger charge is -2.41. The Kier molecular flexibility index (Phi) is 7.34. The van der Waals surface area contributed by atoms with Gasteiger partial charge in [-0.1, -0.05) is 0 Å². The maximum atomic E-state index is 12.8. The zero-order valence-electron chi connectivity index (χ0n) is 21.1. The van der Waals surface area contributed by atoms with Gasteiger partial charge >= 0.3 is 0 Å². The molecule has 2 fully saturated rings. The topological polar surface area (TPSA) is 99.3 Å². The van der Waals surface area contributed by atoms with E-state index in [1.165, 1.54) is 0 Å². The summed E-state index contributed by atoms with van der Waals surface area (Å²) in [6, 6.07) is 10.4. The van der Waals surface area contributed by atoms with Crippen LogP contribution in [0.3, 0.4) is 0 Å². The maximum absolute atomic E-state index is 12.8. The van der Waals surface area contributed by atoms with Crippen LogP contribution in [0, 0.1) is 18.3 Å². The van der Waals surface area contributed by atoms with Crippen molar-refractivity contribution in [2.75, 3.05) is 37.6 Å². The van der Waals surface area contributed by atoms with Gasteiger partial charge < -0.3 is 14.5 Å². The van der Waals surface area contributed by atoms with Gasteiger partial charge in [0, 0.05) is 56.2 Å². The molecule has 9 nitrogen and oxygen atoms in total. The molecular weight excluding hydrogens is 474 g/mol. The molecule has 4 heterocycles. The van der Waals surface area contributed by atoms with Gasteiger partial charge in [0.2, 0.25) is 0 Å². The molecule has 36 heavy (non-hydrogen) atoms. The Labute approximate surface area is 214 Å². The van der Waals surface area contributed by atoms with Crippen LogP contribution in [0.15, 0.2) is 41.6 Å². The molecule has 10 heteroatoms. The van der Waals surface area contributed by atoms with Gasteiger partial charge in [-0.2, -0.15) is 10.4 Å². The second kappa shape index (κ2) is 10.6. The van der Waals surface area contributed by atoms with E-state index in [1.54, 1.807) is 10.9 Å². The fourth-order valence-corrected chi connectivity index (χ4v) is 6.59. The summed E-state index contributed by atoms with van der Waals surface area (Å²) < 4.78 is 24.1. The number of rotatable bonds is 6. The van der Waals surface area contributed by atoms with Crippen LogP contribution < -0.4 is 9.62 Å². The van der Waals surface area contributed by atoms with Crippen LogP contribution in [0.2, 0.25) is 0 Å². The zero-order valence-corrected chi connectivity index (χ0v) is 21.9. The summed E-state index contributed by atoms with van der Waals surface area (Å²) in [6.45, 7) is 8.36. The monoisotopic (exact) mass is 507 g/mol. The average Bonchev–Trinajstić information content (AvgIpc) is 3.22. The predicted molar refractivity (Wildman–Crippen MR) is 140 cm³/mol. The lowest BCUT2D eigenvalue weighted by Crippen LogP contribution is -2.52. The van der Waals surface area contributed by atoms with Crippen LogP contribution in [0.4, 0.5) is 5.69 Å². The molecule has 3 aromatic rings. The first kappa shape index (κ1) is 24.8. The molecular formula is C26H33N7O2S. The third-order valence-corrected chi connectivity index (χ3v) is 8.37. The van der Waals surface area contributed by atoms with E-state index in [-0.39, 0.29) is 18.2 Å². The molecule has 5 rings (SSSR count). The van der Waals surface area contributed by atoms with Crippen LogP contribution in [-0.2, 0) is 22.8 Å². The van der Waals surface area contributed by atoms with Gasteiger partial charge in [-0.3, -0.25) is 9.67 Å². The Balaban J connectivity index is 1.19. The highest BCUT2D eigenvalue weighted by atomic mass is 32.2. The Morgan fingerprint density at radius 2 is 2.06 bits per heavy atom. The second-order valence-electron chi connectivity index (χ2n) is 9.83. The smallest absolute Gasteiger partial charge is 0.128 e. The van der Waals surface area contributed by atoms with Crippen molar-refractivity contribution in [1.82, 2.24) is 24.4 Å². The van der Waals surface area contributed by atoms with E-state index in [2.05, 4.69) is 37.6 Å². The summed E-state index contributed by atoms with van der Waals surface area (Å²) in [6.07, 6.45) is 5.66. The molecule has 190 valence electrons. The molecule has 2 saturated heterocycles. The number of nitrogens with one attached hydrogen (secondary N) is 1. The molecule has 0 saturated carbocycles. The minimum atomic E-state index is -1.24. The van der Waals surface area contributed by atoms with Gasteiger partial charge in [-0.15, -0.1) is 0 Å². The summed E-state index contributed by atoms with van der Waals surface area (Å²) in [5, 5.41) is 14.8. The summed E-state index contributed by atoms with van der Waals surface area (Å²) in [7, 11) is 0.607. The van der Waals surface area contributed by atoms with E-state index in [0.717, 1.165) is 72.7 Å². The molecule has 0 amide bonds. The summed E-state index contributed by atoms with van der Waals surface area (Å²) in [4.78, 5) is 10.1. The quantitative estimate of drug-likeness (QED) is 0.547. The van der Waals surface area contributed by atoms with Gasteiger partial charge in [-0.25, -0.2) is 8.93 Å². The number of anilines is 1. The normalized spacial score (nSPS) is 22.6. The van der Waals surface area contributed by atoms with Crippen molar-refractivity contribution >= 4 is 27.6 Å². The van der Waals surface area contributed by atoms with Crippen LogP contribution >= 0.6 is 0 Å². The molecule has 0 aliphatic carbocycles. The minimum Gasteiger partial charge on any atom is -0.370 e. The Hall–Kier alpha value is -2.84. The van der Waals surface area contributed by atoms with Gasteiger partial charge in [0.15, 0.2) is 0 Å². The van der Waals surface area contributed by atoms with Crippen molar-refractivity contribution in [3.63, 3.8) is 0 Å². The average molecular weight is 508 g/mol. The number of morpholine rings is 1. The molecule has 2 aromatic heterocycles. The first-order chi connectivity index (χ1) is 17.4. The van der Waals surface area contributed by atoms with Gasteiger partial charge in [-0.05, 0) is 64.0 Å². The third kappa shape index (κ3) is 5.30. The maximum Gasteiger partial charge on any atom is 0.128 e. The number of aromatic nitrogens is 3. The predicted octanol–water partition coefficient (Wildman–Crippen LogP) is 2.52. The Bertz CT molecular complexity index is 1300. The van der Waals surface area contributed by atoms with Crippen LogP contribution in [0.1, 0.15) is 31.0 Å². The molecule has 0 bridgehead atoms. The number of pyridine rings is 1. The number of aryl methyl sites for hydroxylation is 2. The molecule has 1 N–H and O–H groups in total. The van der Waals surface area contributed by atoms with E-state index < -0.39 is 11.0 Å². The SMILES string of the molecule is Cc1nn(C)cc1S(=O)NC1CCN(CC2CN(c3ccc(C#N)c4ncccc34)CC(C)O2)CC1. The first-order valence-electron chi connectivity index (χ1n) is 12.5. The van der Waals surface area contributed by atoms with E-state index in [0.29, 0.717) is 5.56 Å². The highest BCUT2D eigenvalue weighted by Crippen LogP contribution is 2.30. The number of benzene rings is 1. The van der Waals surface area contributed by atoms with Gasteiger partial charge in [0.05, 0.1) is 33.9 Å². The first-order valence-corrected chi connectivity index (χ1v) is 13.6. The zero-order chi connectivity index (χ0) is 25.2. The van der Waals surface area contributed by atoms with Gasteiger partial charge in [0.25, 0.3) is 0 Å². The number of fused-ring (bicyclic) bond motifs is 1. The number of nitrogens with zero attached hydrogens (tertiary/aromatic N) is 6. The van der Waals surface area contributed by atoms with Crippen molar-refractivity contribution in [3.05, 3.63) is 47.9 Å². The summed E-state index contributed by atoms with van der Waals surface area (Å²) in [5.41, 5.74) is 3.26. The Morgan fingerprint density at radius 1 is 1.25 bits per heavy atom. The van der Waals surface area contributed by atoms with E-state index in [1.807, 2.05) is 44.4 Å². The molecule has 2 aliphatic heterocycles. The number of piperidine rings is 1. The third-order valence-electron chi connectivity index (χ3n) is 7.03.